The van der Waals surface area contributed by atoms with Gasteiger partial charge in [0.1, 0.15) is 19.6 Å². The largest absolute Gasteiger partial charge is 0.383 e. The first-order valence-electron chi connectivity index (χ1n) is 6.12. The molecule has 0 aromatic carbocycles. The van der Waals surface area contributed by atoms with E-state index >= 15 is 0 Å². The Morgan fingerprint density at radius 3 is 2.50 bits per heavy atom. The SMILES string of the molecule is CCn1c(=O)[nH]c(N)c(NC(=O)C#C[Si](C)(C)C)c1=O. The van der Waals surface area contributed by atoms with E-state index in [4.69, 9.17) is 5.73 Å². The zero-order valence-corrected chi connectivity index (χ0v) is 13.0. The Kier molecular flexibility index (Phi) is 4.57. The lowest BCUT2D eigenvalue weighted by atomic mass is 10.4. The van der Waals surface area contributed by atoms with Crippen molar-refractivity contribution in [3.63, 3.8) is 0 Å². The van der Waals surface area contributed by atoms with E-state index < -0.39 is 25.2 Å². The zero-order chi connectivity index (χ0) is 15.5. The van der Waals surface area contributed by atoms with Crippen LogP contribution in [0.2, 0.25) is 19.6 Å². The fourth-order valence-electron chi connectivity index (χ4n) is 1.38. The van der Waals surface area contributed by atoms with Crippen LogP contribution in [0.4, 0.5) is 11.5 Å². The highest BCUT2D eigenvalue weighted by Gasteiger charge is 2.14. The van der Waals surface area contributed by atoms with Crippen LogP contribution in [-0.4, -0.2) is 23.5 Å². The average Bonchev–Trinajstić information content (AvgIpc) is 2.31. The van der Waals surface area contributed by atoms with Gasteiger partial charge >= 0.3 is 5.69 Å². The van der Waals surface area contributed by atoms with Gasteiger partial charge in [-0.2, -0.15) is 0 Å². The highest BCUT2D eigenvalue weighted by molar-refractivity contribution is 6.84. The van der Waals surface area contributed by atoms with Crippen LogP contribution in [0.25, 0.3) is 0 Å². The number of nitrogens with two attached hydrogens (primary N) is 1. The van der Waals surface area contributed by atoms with Crippen molar-refractivity contribution >= 4 is 25.5 Å². The number of hydrogen-bond donors (Lipinski definition) is 3. The quantitative estimate of drug-likeness (QED) is 0.525. The second kappa shape index (κ2) is 5.79. The molecule has 0 unspecified atom stereocenters. The van der Waals surface area contributed by atoms with Crippen LogP contribution in [0.15, 0.2) is 9.59 Å². The Balaban J connectivity index is 3.17. The van der Waals surface area contributed by atoms with Crippen LogP contribution >= 0.6 is 0 Å². The van der Waals surface area contributed by atoms with Crippen molar-refractivity contribution in [1.29, 1.82) is 0 Å². The summed E-state index contributed by atoms with van der Waals surface area (Å²) in [7, 11) is -1.69. The Labute approximate surface area is 117 Å². The minimum atomic E-state index is -1.69. The fourth-order valence-corrected chi connectivity index (χ4v) is 1.87. The van der Waals surface area contributed by atoms with E-state index in [1.165, 1.54) is 0 Å². The van der Waals surface area contributed by atoms with Gasteiger partial charge in [0, 0.05) is 6.54 Å². The lowest BCUT2D eigenvalue weighted by Crippen LogP contribution is -2.37. The molecule has 1 heterocycles. The molecule has 1 aromatic heterocycles. The van der Waals surface area contributed by atoms with Gasteiger partial charge in [0.05, 0.1) is 0 Å². The summed E-state index contributed by atoms with van der Waals surface area (Å²) in [5.41, 5.74) is 7.03. The molecule has 0 bridgehead atoms. The van der Waals surface area contributed by atoms with Gasteiger partial charge in [-0.3, -0.25) is 19.1 Å². The van der Waals surface area contributed by atoms with Crippen molar-refractivity contribution in [3.8, 4) is 11.5 Å². The molecule has 1 aromatic rings. The first-order valence-corrected chi connectivity index (χ1v) is 9.62. The van der Waals surface area contributed by atoms with E-state index in [1.807, 2.05) is 19.6 Å². The molecule has 1 rings (SSSR count). The minimum absolute atomic E-state index is 0.152. The fraction of sp³-hybridized carbons (Fsp3) is 0.417. The van der Waals surface area contributed by atoms with E-state index in [1.54, 1.807) is 6.92 Å². The normalized spacial score (nSPS) is 10.6. The number of carbonyl (C=O) groups is 1. The molecular formula is C12H18N4O3Si. The molecular weight excluding hydrogens is 276 g/mol. The van der Waals surface area contributed by atoms with Crippen molar-refractivity contribution in [3.05, 3.63) is 20.8 Å². The molecule has 8 heteroatoms. The Morgan fingerprint density at radius 2 is 2.00 bits per heavy atom. The number of anilines is 2. The highest BCUT2D eigenvalue weighted by atomic mass is 28.3. The third-order valence-corrected chi connectivity index (χ3v) is 3.20. The van der Waals surface area contributed by atoms with Gasteiger partial charge in [-0.25, -0.2) is 4.79 Å². The third kappa shape index (κ3) is 3.86. The van der Waals surface area contributed by atoms with Gasteiger partial charge in [-0.1, -0.05) is 19.6 Å². The molecule has 0 aliphatic rings. The van der Waals surface area contributed by atoms with Gasteiger partial charge < -0.3 is 11.1 Å². The zero-order valence-electron chi connectivity index (χ0n) is 12.0. The lowest BCUT2D eigenvalue weighted by Gasteiger charge is -2.08. The van der Waals surface area contributed by atoms with Gasteiger partial charge in [0.25, 0.3) is 11.5 Å². The molecule has 108 valence electrons. The summed E-state index contributed by atoms with van der Waals surface area (Å²) in [5, 5.41) is 2.33. The number of rotatable bonds is 2. The molecule has 1 amide bonds. The van der Waals surface area contributed by atoms with Crippen molar-refractivity contribution in [2.75, 3.05) is 11.1 Å². The number of nitrogens with zero attached hydrogens (tertiary/aromatic N) is 1. The Bertz CT molecular complexity index is 701. The van der Waals surface area contributed by atoms with Crippen LogP contribution in [0, 0.1) is 11.5 Å². The van der Waals surface area contributed by atoms with Gasteiger partial charge in [-0.05, 0) is 12.8 Å². The van der Waals surface area contributed by atoms with Crippen LogP contribution in [0.5, 0.6) is 0 Å². The summed E-state index contributed by atoms with van der Waals surface area (Å²) in [6.45, 7) is 7.80. The van der Waals surface area contributed by atoms with E-state index in [-0.39, 0.29) is 18.1 Å². The Morgan fingerprint density at radius 1 is 1.40 bits per heavy atom. The topological polar surface area (TPSA) is 110 Å². The number of aromatic amines is 1. The number of nitrogens with one attached hydrogen (secondary N) is 2. The number of nitrogen functional groups attached to an aromatic ring is 1. The maximum atomic E-state index is 12.0. The number of amides is 1. The Hall–Kier alpha value is -2.27. The summed E-state index contributed by atoms with van der Waals surface area (Å²) < 4.78 is 0.942. The van der Waals surface area contributed by atoms with Crippen LogP contribution in [-0.2, 0) is 11.3 Å². The van der Waals surface area contributed by atoms with E-state index in [0.29, 0.717) is 0 Å². The second-order valence-corrected chi connectivity index (χ2v) is 9.97. The summed E-state index contributed by atoms with van der Waals surface area (Å²) in [4.78, 5) is 37.5. The van der Waals surface area contributed by atoms with Crippen LogP contribution in [0.1, 0.15) is 6.92 Å². The summed E-state index contributed by atoms with van der Waals surface area (Å²) in [5.74, 6) is 1.65. The van der Waals surface area contributed by atoms with E-state index in [0.717, 1.165) is 4.57 Å². The molecule has 20 heavy (non-hydrogen) atoms. The maximum absolute atomic E-state index is 12.0. The average molecular weight is 294 g/mol. The molecule has 7 nitrogen and oxygen atoms in total. The van der Waals surface area contributed by atoms with Crippen LogP contribution < -0.4 is 22.3 Å². The molecule has 0 spiro atoms. The number of carbonyl (C=O) groups excluding carboxylic acids is 1. The summed E-state index contributed by atoms with van der Waals surface area (Å²) in [6, 6.07) is 0. The highest BCUT2D eigenvalue weighted by Crippen LogP contribution is 2.06. The number of hydrogen-bond acceptors (Lipinski definition) is 4. The van der Waals surface area contributed by atoms with Gasteiger partial charge in [0.2, 0.25) is 0 Å². The van der Waals surface area contributed by atoms with Gasteiger partial charge in [0.15, 0.2) is 0 Å². The van der Waals surface area contributed by atoms with Crippen molar-refractivity contribution in [2.24, 2.45) is 0 Å². The molecule has 0 fully saturated rings. The molecule has 0 aliphatic carbocycles. The predicted octanol–water partition coefficient (Wildman–Crippen LogP) is -0.0420. The molecule has 0 saturated heterocycles. The molecule has 0 saturated carbocycles. The van der Waals surface area contributed by atoms with Crippen molar-refractivity contribution < 1.29 is 4.79 Å². The number of aromatic nitrogens is 2. The predicted molar refractivity (Wildman–Crippen MR) is 81.2 cm³/mol. The molecule has 0 aliphatic heterocycles. The van der Waals surface area contributed by atoms with E-state index in [2.05, 4.69) is 21.8 Å². The first-order chi connectivity index (χ1) is 9.15. The lowest BCUT2D eigenvalue weighted by molar-refractivity contribution is -0.111. The maximum Gasteiger partial charge on any atom is 0.330 e. The summed E-state index contributed by atoms with van der Waals surface area (Å²) in [6.07, 6.45) is 0. The first kappa shape index (κ1) is 15.8. The summed E-state index contributed by atoms with van der Waals surface area (Å²) >= 11 is 0. The molecule has 0 atom stereocenters. The van der Waals surface area contributed by atoms with Crippen molar-refractivity contribution in [1.82, 2.24) is 9.55 Å². The smallest absolute Gasteiger partial charge is 0.330 e. The van der Waals surface area contributed by atoms with Gasteiger partial charge in [-0.15, -0.1) is 5.54 Å². The van der Waals surface area contributed by atoms with Crippen LogP contribution in [0.3, 0.4) is 0 Å². The molecule has 0 radical (unpaired) electrons. The third-order valence-electron chi connectivity index (χ3n) is 2.32. The second-order valence-electron chi connectivity index (χ2n) is 5.22. The van der Waals surface area contributed by atoms with Crippen molar-refractivity contribution in [2.45, 2.75) is 33.1 Å². The van der Waals surface area contributed by atoms with E-state index in [9.17, 15) is 14.4 Å². The minimum Gasteiger partial charge on any atom is -0.383 e. The standard InChI is InChI=1S/C12H18N4O3Si/c1-5-16-11(18)9(10(13)15-12(16)19)14-8(17)6-7-20(2,3)4/h5,13H2,1-4H3,(H,14,17)(H,15,19). The monoisotopic (exact) mass is 294 g/mol. The number of H-pyrrole nitrogens is 1. The molecule has 4 N–H and O–H groups in total.